The lowest BCUT2D eigenvalue weighted by atomic mass is 9.91. The highest BCUT2D eigenvalue weighted by molar-refractivity contribution is 5.73. The minimum Gasteiger partial charge on any atom is -0.480 e. The molecule has 4 heteroatoms. The molecule has 0 radical (unpaired) electrons. The van der Waals surface area contributed by atoms with Gasteiger partial charge in [-0.2, -0.15) is 0 Å². The van der Waals surface area contributed by atoms with Crippen molar-refractivity contribution in [2.24, 2.45) is 11.7 Å². The SMILES string of the molecule is CCCC(C(=O)O)N1CCCC(C(C)N)C1. The van der Waals surface area contributed by atoms with E-state index >= 15 is 0 Å². The number of carboxylic acids is 1. The smallest absolute Gasteiger partial charge is 0.320 e. The third-order valence-corrected chi connectivity index (χ3v) is 3.52. The summed E-state index contributed by atoms with van der Waals surface area (Å²) in [6.45, 7) is 5.79. The molecular weight excluding hydrogens is 204 g/mol. The molecule has 0 spiro atoms. The van der Waals surface area contributed by atoms with Gasteiger partial charge >= 0.3 is 5.97 Å². The minimum absolute atomic E-state index is 0.166. The van der Waals surface area contributed by atoms with Crippen LogP contribution in [0, 0.1) is 5.92 Å². The highest BCUT2D eigenvalue weighted by Gasteiger charge is 2.30. The predicted molar refractivity (Wildman–Crippen MR) is 64.3 cm³/mol. The Morgan fingerprint density at radius 2 is 2.31 bits per heavy atom. The number of carbonyl (C=O) groups is 1. The number of carboxylic acid groups (broad SMARTS) is 1. The van der Waals surface area contributed by atoms with Gasteiger partial charge in [0.2, 0.25) is 0 Å². The fourth-order valence-electron chi connectivity index (χ4n) is 2.49. The average molecular weight is 228 g/mol. The van der Waals surface area contributed by atoms with Gasteiger partial charge in [0.15, 0.2) is 0 Å². The lowest BCUT2D eigenvalue weighted by molar-refractivity contribution is -0.144. The van der Waals surface area contributed by atoms with Crippen LogP contribution in [0.3, 0.4) is 0 Å². The largest absolute Gasteiger partial charge is 0.480 e. The molecule has 0 aliphatic carbocycles. The summed E-state index contributed by atoms with van der Waals surface area (Å²) >= 11 is 0. The van der Waals surface area contributed by atoms with Crippen molar-refractivity contribution in [3.8, 4) is 0 Å². The molecule has 1 heterocycles. The van der Waals surface area contributed by atoms with Crippen LogP contribution in [0.25, 0.3) is 0 Å². The second kappa shape index (κ2) is 6.21. The maximum absolute atomic E-state index is 11.2. The normalized spacial score (nSPS) is 26.3. The number of nitrogens with zero attached hydrogens (tertiary/aromatic N) is 1. The van der Waals surface area contributed by atoms with Crippen molar-refractivity contribution < 1.29 is 9.90 Å². The van der Waals surface area contributed by atoms with Crippen LogP contribution in [-0.4, -0.2) is 41.1 Å². The van der Waals surface area contributed by atoms with Crippen molar-refractivity contribution in [1.29, 1.82) is 0 Å². The van der Waals surface area contributed by atoms with Gasteiger partial charge in [-0.05, 0) is 38.6 Å². The lowest BCUT2D eigenvalue weighted by Gasteiger charge is -2.37. The highest BCUT2D eigenvalue weighted by atomic mass is 16.4. The van der Waals surface area contributed by atoms with Crippen molar-refractivity contribution in [1.82, 2.24) is 4.90 Å². The summed E-state index contributed by atoms with van der Waals surface area (Å²) in [6.07, 6.45) is 3.85. The van der Waals surface area contributed by atoms with Crippen molar-refractivity contribution in [3.05, 3.63) is 0 Å². The molecule has 3 unspecified atom stereocenters. The fraction of sp³-hybridized carbons (Fsp3) is 0.917. The Morgan fingerprint density at radius 1 is 1.62 bits per heavy atom. The van der Waals surface area contributed by atoms with Crippen molar-refractivity contribution in [2.45, 2.75) is 51.6 Å². The third-order valence-electron chi connectivity index (χ3n) is 3.52. The first kappa shape index (κ1) is 13.5. The summed E-state index contributed by atoms with van der Waals surface area (Å²) in [7, 11) is 0. The minimum atomic E-state index is -0.688. The van der Waals surface area contributed by atoms with Crippen LogP contribution in [0.4, 0.5) is 0 Å². The summed E-state index contributed by atoms with van der Waals surface area (Å²) in [5.74, 6) is -0.236. The van der Waals surface area contributed by atoms with E-state index in [-0.39, 0.29) is 12.1 Å². The van der Waals surface area contributed by atoms with E-state index in [2.05, 4.69) is 4.90 Å². The standard InChI is InChI=1S/C12H24N2O2/c1-3-5-11(12(15)16)14-7-4-6-10(8-14)9(2)13/h9-11H,3-8,13H2,1-2H3,(H,15,16). The molecule has 3 N–H and O–H groups in total. The van der Waals surface area contributed by atoms with E-state index < -0.39 is 5.97 Å². The Hall–Kier alpha value is -0.610. The molecule has 16 heavy (non-hydrogen) atoms. The van der Waals surface area contributed by atoms with Crippen LogP contribution in [0.2, 0.25) is 0 Å². The summed E-state index contributed by atoms with van der Waals surface area (Å²) in [5.41, 5.74) is 5.91. The molecule has 0 saturated carbocycles. The molecule has 3 atom stereocenters. The van der Waals surface area contributed by atoms with Crippen LogP contribution in [0.5, 0.6) is 0 Å². The molecule has 0 amide bonds. The molecule has 0 aromatic rings. The van der Waals surface area contributed by atoms with Gasteiger partial charge in [0.05, 0.1) is 0 Å². The third kappa shape index (κ3) is 3.46. The van der Waals surface area contributed by atoms with E-state index in [9.17, 15) is 9.90 Å². The first-order chi connectivity index (χ1) is 7.56. The highest BCUT2D eigenvalue weighted by Crippen LogP contribution is 2.22. The summed E-state index contributed by atoms with van der Waals surface area (Å²) < 4.78 is 0. The molecule has 1 rings (SSSR count). The predicted octanol–water partition coefficient (Wildman–Crippen LogP) is 1.30. The topological polar surface area (TPSA) is 66.6 Å². The maximum atomic E-state index is 11.2. The van der Waals surface area contributed by atoms with E-state index in [0.717, 1.165) is 38.8 Å². The molecule has 0 aromatic heterocycles. The zero-order chi connectivity index (χ0) is 12.1. The second-order valence-electron chi connectivity index (χ2n) is 4.90. The summed E-state index contributed by atoms with van der Waals surface area (Å²) in [4.78, 5) is 13.3. The maximum Gasteiger partial charge on any atom is 0.320 e. The zero-order valence-electron chi connectivity index (χ0n) is 10.4. The molecule has 0 bridgehead atoms. The molecule has 94 valence electrons. The van der Waals surface area contributed by atoms with Crippen molar-refractivity contribution in [2.75, 3.05) is 13.1 Å². The first-order valence-electron chi connectivity index (χ1n) is 6.28. The van der Waals surface area contributed by atoms with E-state index in [1.807, 2.05) is 13.8 Å². The Labute approximate surface area is 97.8 Å². The van der Waals surface area contributed by atoms with Gasteiger partial charge in [-0.3, -0.25) is 9.69 Å². The molecule has 1 saturated heterocycles. The lowest BCUT2D eigenvalue weighted by Crippen LogP contribution is -2.49. The van der Waals surface area contributed by atoms with Crippen LogP contribution in [0.15, 0.2) is 0 Å². The van der Waals surface area contributed by atoms with Crippen LogP contribution < -0.4 is 5.73 Å². The number of likely N-dealkylation sites (tertiary alicyclic amines) is 1. The van der Waals surface area contributed by atoms with Gasteiger partial charge in [-0.15, -0.1) is 0 Å². The summed E-state index contributed by atoms with van der Waals surface area (Å²) in [5, 5.41) is 9.21. The monoisotopic (exact) mass is 228 g/mol. The van der Waals surface area contributed by atoms with Crippen LogP contribution in [-0.2, 0) is 4.79 Å². The molecule has 4 nitrogen and oxygen atoms in total. The van der Waals surface area contributed by atoms with Gasteiger partial charge in [0.1, 0.15) is 6.04 Å². The zero-order valence-corrected chi connectivity index (χ0v) is 10.4. The summed E-state index contributed by atoms with van der Waals surface area (Å²) in [6, 6.07) is -0.148. The van der Waals surface area contributed by atoms with Crippen molar-refractivity contribution in [3.63, 3.8) is 0 Å². The molecule has 1 aliphatic heterocycles. The van der Waals surface area contributed by atoms with Gasteiger partial charge in [0.25, 0.3) is 0 Å². The molecule has 1 aliphatic rings. The Kier molecular flexibility index (Phi) is 5.22. The van der Waals surface area contributed by atoms with Gasteiger partial charge in [0, 0.05) is 12.6 Å². The number of rotatable bonds is 5. The second-order valence-corrected chi connectivity index (χ2v) is 4.90. The van der Waals surface area contributed by atoms with Crippen LogP contribution in [0.1, 0.15) is 39.5 Å². The first-order valence-corrected chi connectivity index (χ1v) is 6.28. The Bertz CT molecular complexity index is 231. The van der Waals surface area contributed by atoms with E-state index in [4.69, 9.17) is 5.73 Å². The van der Waals surface area contributed by atoms with E-state index in [1.54, 1.807) is 0 Å². The number of hydrogen-bond acceptors (Lipinski definition) is 3. The number of hydrogen-bond donors (Lipinski definition) is 2. The van der Waals surface area contributed by atoms with Gasteiger partial charge in [-0.25, -0.2) is 0 Å². The molecular formula is C12H24N2O2. The quantitative estimate of drug-likeness (QED) is 0.744. The van der Waals surface area contributed by atoms with Crippen LogP contribution >= 0.6 is 0 Å². The van der Waals surface area contributed by atoms with Gasteiger partial charge in [-0.1, -0.05) is 13.3 Å². The molecule has 1 fully saturated rings. The Balaban J connectivity index is 2.59. The fourth-order valence-corrected chi connectivity index (χ4v) is 2.49. The number of piperidine rings is 1. The Morgan fingerprint density at radius 3 is 2.81 bits per heavy atom. The number of nitrogens with two attached hydrogens (primary N) is 1. The van der Waals surface area contributed by atoms with Gasteiger partial charge < -0.3 is 10.8 Å². The van der Waals surface area contributed by atoms with E-state index in [0.29, 0.717) is 5.92 Å². The van der Waals surface area contributed by atoms with Crippen molar-refractivity contribution >= 4 is 5.97 Å². The van der Waals surface area contributed by atoms with E-state index in [1.165, 1.54) is 0 Å². The molecule has 0 aromatic carbocycles. The number of aliphatic carboxylic acids is 1. The average Bonchev–Trinajstić information content (AvgIpc) is 2.25.